The van der Waals surface area contributed by atoms with E-state index in [1.165, 1.54) is 26.4 Å². The minimum Gasteiger partial charge on any atom is -0.468 e. The van der Waals surface area contributed by atoms with Gasteiger partial charge in [-0.25, -0.2) is 0 Å². The molecule has 21 heavy (non-hydrogen) atoms. The van der Waals surface area contributed by atoms with Crippen LogP contribution in [0.2, 0.25) is 0 Å². The number of methoxy groups -OCH3 is 1. The first-order valence-corrected chi connectivity index (χ1v) is 7.85. The van der Waals surface area contributed by atoms with Gasteiger partial charge in [-0.3, -0.25) is 14.5 Å². The van der Waals surface area contributed by atoms with Gasteiger partial charge in [0.15, 0.2) is 0 Å². The smallest absolute Gasteiger partial charge is 0.325 e. The van der Waals surface area contributed by atoms with E-state index in [0.29, 0.717) is 13.2 Å². The van der Waals surface area contributed by atoms with Gasteiger partial charge in [0, 0.05) is 12.6 Å². The van der Waals surface area contributed by atoms with Crippen molar-refractivity contribution in [2.75, 3.05) is 26.9 Å². The maximum atomic E-state index is 12.4. The Hall–Kier alpha value is -1.14. The number of nitrogens with zero attached hydrogens (tertiary/aromatic N) is 1. The Morgan fingerprint density at radius 3 is 2.67 bits per heavy atom. The summed E-state index contributed by atoms with van der Waals surface area (Å²) in [6.45, 7) is 3.24. The number of carbonyl (C=O) groups is 2. The van der Waals surface area contributed by atoms with Crippen molar-refractivity contribution in [2.45, 2.75) is 57.2 Å². The normalized spacial score (nSPS) is 26.1. The SMILES string of the molecule is COC(=O)C1COCCN1C(C)C(=O)NC1CCCCC1. The van der Waals surface area contributed by atoms with Crippen LogP contribution in [0.25, 0.3) is 0 Å². The number of morpholine rings is 1. The van der Waals surface area contributed by atoms with E-state index in [0.717, 1.165) is 12.8 Å². The zero-order valence-electron chi connectivity index (χ0n) is 13.0. The van der Waals surface area contributed by atoms with Gasteiger partial charge in [-0.1, -0.05) is 19.3 Å². The molecule has 0 radical (unpaired) electrons. The van der Waals surface area contributed by atoms with Crippen LogP contribution in [-0.4, -0.2) is 61.8 Å². The van der Waals surface area contributed by atoms with E-state index in [4.69, 9.17) is 9.47 Å². The second kappa shape index (κ2) is 7.75. The largest absolute Gasteiger partial charge is 0.468 e. The van der Waals surface area contributed by atoms with Gasteiger partial charge in [0.25, 0.3) is 0 Å². The van der Waals surface area contributed by atoms with Crippen molar-refractivity contribution in [3.8, 4) is 0 Å². The lowest BCUT2D eigenvalue weighted by Gasteiger charge is -2.37. The number of hydrogen-bond donors (Lipinski definition) is 1. The number of carbonyl (C=O) groups excluding carboxylic acids is 2. The lowest BCUT2D eigenvalue weighted by Crippen LogP contribution is -2.58. The third-order valence-corrected chi connectivity index (χ3v) is 4.47. The molecule has 1 saturated carbocycles. The quantitative estimate of drug-likeness (QED) is 0.774. The Kier molecular flexibility index (Phi) is 5.99. The van der Waals surface area contributed by atoms with Gasteiger partial charge in [0.05, 0.1) is 26.4 Å². The Morgan fingerprint density at radius 1 is 1.29 bits per heavy atom. The number of amides is 1. The van der Waals surface area contributed by atoms with Crippen LogP contribution in [0, 0.1) is 0 Å². The molecule has 2 aliphatic rings. The van der Waals surface area contributed by atoms with E-state index in [-0.39, 0.29) is 30.6 Å². The third kappa shape index (κ3) is 4.17. The minimum atomic E-state index is -0.490. The third-order valence-electron chi connectivity index (χ3n) is 4.47. The summed E-state index contributed by atoms with van der Waals surface area (Å²) in [5.74, 6) is -0.343. The molecule has 120 valence electrons. The minimum absolute atomic E-state index is 0.00213. The monoisotopic (exact) mass is 298 g/mol. The fourth-order valence-corrected chi connectivity index (χ4v) is 3.14. The fourth-order valence-electron chi connectivity index (χ4n) is 3.14. The second-order valence-corrected chi connectivity index (χ2v) is 5.87. The molecule has 2 atom stereocenters. The second-order valence-electron chi connectivity index (χ2n) is 5.87. The molecule has 2 fully saturated rings. The molecule has 1 amide bonds. The average molecular weight is 298 g/mol. The van der Waals surface area contributed by atoms with Gasteiger partial charge in [-0.15, -0.1) is 0 Å². The van der Waals surface area contributed by atoms with Crippen LogP contribution in [-0.2, 0) is 19.1 Å². The molecular formula is C15H26N2O4. The molecule has 0 aromatic heterocycles. The summed E-state index contributed by atoms with van der Waals surface area (Å²) in [5.41, 5.74) is 0. The summed E-state index contributed by atoms with van der Waals surface area (Å²) in [6.07, 6.45) is 5.74. The molecule has 1 aliphatic carbocycles. The highest BCUT2D eigenvalue weighted by molar-refractivity contribution is 5.83. The topological polar surface area (TPSA) is 67.9 Å². The standard InChI is InChI=1S/C15H26N2O4/c1-11(14(18)16-12-6-4-3-5-7-12)17-8-9-21-10-13(17)15(19)20-2/h11-13H,3-10H2,1-2H3,(H,16,18). The van der Waals surface area contributed by atoms with Gasteiger partial charge in [0.2, 0.25) is 5.91 Å². The highest BCUT2D eigenvalue weighted by atomic mass is 16.5. The lowest BCUT2D eigenvalue weighted by molar-refractivity contribution is -0.156. The molecule has 0 aromatic rings. The predicted molar refractivity (Wildman–Crippen MR) is 77.8 cm³/mol. The van der Waals surface area contributed by atoms with Crippen molar-refractivity contribution < 1.29 is 19.1 Å². The first kappa shape index (κ1) is 16.2. The summed E-state index contributed by atoms with van der Waals surface area (Å²) < 4.78 is 10.1. The zero-order chi connectivity index (χ0) is 15.2. The highest BCUT2D eigenvalue weighted by Crippen LogP contribution is 2.18. The zero-order valence-corrected chi connectivity index (χ0v) is 13.0. The summed E-state index contributed by atoms with van der Waals surface area (Å²) in [7, 11) is 1.36. The van der Waals surface area contributed by atoms with Gasteiger partial charge in [-0.2, -0.15) is 0 Å². The van der Waals surface area contributed by atoms with Crippen LogP contribution < -0.4 is 5.32 Å². The fraction of sp³-hybridized carbons (Fsp3) is 0.867. The van der Waals surface area contributed by atoms with Crippen molar-refractivity contribution >= 4 is 11.9 Å². The van der Waals surface area contributed by atoms with Crippen molar-refractivity contribution in [2.24, 2.45) is 0 Å². The summed E-state index contributed by atoms with van der Waals surface area (Å²) in [5, 5.41) is 3.12. The predicted octanol–water partition coefficient (Wildman–Crippen LogP) is 0.698. The van der Waals surface area contributed by atoms with Crippen molar-refractivity contribution in [1.29, 1.82) is 0 Å². The summed E-state index contributed by atoms with van der Waals surface area (Å²) in [6, 6.07) is -0.554. The molecule has 1 heterocycles. The summed E-state index contributed by atoms with van der Waals surface area (Å²) in [4.78, 5) is 26.1. The van der Waals surface area contributed by atoms with E-state index in [1.54, 1.807) is 0 Å². The van der Waals surface area contributed by atoms with E-state index < -0.39 is 6.04 Å². The first-order chi connectivity index (χ1) is 10.1. The number of esters is 1. The van der Waals surface area contributed by atoms with Crippen molar-refractivity contribution in [3.05, 3.63) is 0 Å². The Morgan fingerprint density at radius 2 is 2.00 bits per heavy atom. The molecule has 0 bridgehead atoms. The van der Waals surface area contributed by atoms with Gasteiger partial charge < -0.3 is 14.8 Å². The molecule has 1 N–H and O–H groups in total. The number of rotatable bonds is 4. The van der Waals surface area contributed by atoms with Gasteiger partial charge in [0.1, 0.15) is 6.04 Å². The van der Waals surface area contributed by atoms with Crippen LogP contribution in [0.1, 0.15) is 39.0 Å². The van der Waals surface area contributed by atoms with Crippen molar-refractivity contribution in [1.82, 2.24) is 10.2 Å². The van der Waals surface area contributed by atoms with Crippen LogP contribution in [0.3, 0.4) is 0 Å². The number of nitrogens with one attached hydrogen (secondary N) is 1. The number of hydrogen-bond acceptors (Lipinski definition) is 5. The van der Waals surface area contributed by atoms with E-state index in [9.17, 15) is 9.59 Å². The Balaban J connectivity index is 1.93. The van der Waals surface area contributed by atoms with Crippen LogP contribution in [0.5, 0.6) is 0 Å². The van der Waals surface area contributed by atoms with Gasteiger partial charge >= 0.3 is 5.97 Å². The van der Waals surface area contributed by atoms with Crippen LogP contribution in [0.15, 0.2) is 0 Å². The highest BCUT2D eigenvalue weighted by Gasteiger charge is 2.36. The van der Waals surface area contributed by atoms with E-state index in [1.807, 2.05) is 11.8 Å². The van der Waals surface area contributed by atoms with Crippen LogP contribution >= 0.6 is 0 Å². The molecule has 2 unspecified atom stereocenters. The average Bonchev–Trinajstić information content (AvgIpc) is 2.54. The van der Waals surface area contributed by atoms with Crippen LogP contribution in [0.4, 0.5) is 0 Å². The Bertz CT molecular complexity index is 369. The lowest BCUT2D eigenvalue weighted by atomic mass is 9.95. The summed E-state index contributed by atoms with van der Waals surface area (Å²) >= 11 is 0. The van der Waals surface area contributed by atoms with E-state index in [2.05, 4.69) is 5.32 Å². The van der Waals surface area contributed by atoms with Crippen molar-refractivity contribution in [3.63, 3.8) is 0 Å². The van der Waals surface area contributed by atoms with Gasteiger partial charge in [-0.05, 0) is 19.8 Å². The number of ether oxygens (including phenoxy) is 2. The molecular weight excluding hydrogens is 272 g/mol. The molecule has 1 saturated heterocycles. The molecule has 6 nitrogen and oxygen atoms in total. The molecule has 2 rings (SSSR count). The molecule has 6 heteroatoms. The molecule has 0 spiro atoms. The van der Waals surface area contributed by atoms with E-state index >= 15 is 0 Å². The first-order valence-electron chi connectivity index (χ1n) is 7.85. The molecule has 1 aliphatic heterocycles. The molecule has 0 aromatic carbocycles. The maximum Gasteiger partial charge on any atom is 0.325 e. The maximum absolute atomic E-state index is 12.4. The Labute approximate surface area is 126 Å².